The lowest BCUT2D eigenvalue weighted by atomic mass is 10.1. The molecule has 4 nitrogen and oxygen atoms in total. The van der Waals surface area contributed by atoms with E-state index in [0.29, 0.717) is 18.7 Å². The smallest absolute Gasteiger partial charge is 0.243 e. The van der Waals surface area contributed by atoms with Gasteiger partial charge in [-0.25, -0.2) is 8.42 Å². The molecular weight excluding hydrogens is 330 g/mol. The Morgan fingerprint density at radius 1 is 1.13 bits per heavy atom. The Bertz CT molecular complexity index is 772. The number of carbonyl (C=O) groups is 1. The fourth-order valence-electron chi connectivity index (χ4n) is 2.14. The van der Waals surface area contributed by atoms with Gasteiger partial charge in [-0.3, -0.25) is 4.79 Å². The van der Waals surface area contributed by atoms with Crippen molar-refractivity contribution >= 4 is 33.2 Å². The summed E-state index contributed by atoms with van der Waals surface area (Å²) in [7, 11) is -3.49. The maximum Gasteiger partial charge on any atom is 0.243 e. The van der Waals surface area contributed by atoms with E-state index >= 15 is 0 Å². The van der Waals surface area contributed by atoms with Crippen LogP contribution in [0.5, 0.6) is 0 Å². The Morgan fingerprint density at radius 3 is 2.30 bits per heavy atom. The molecule has 6 heteroatoms. The first kappa shape index (κ1) is 17.6. The SMILES string of the molecule is CCN(CC)S(=O)(=O)c1ccc(C(=O)/C=C/c2cccs2)cc1. The van der Waals surface area contributed by atoms with Crippen LogP contribution in [-0.2, 0) is 10.0 Å². The summed E-state index contributed by atoms with van der Waals surface area (Å²) in [5, 5.41) is 1.94. The van der Waals surface area contributed by atoms with Crippen LogP contribution in [0.4, 0.5) is 0 Å². The van der Waals surface area contributed by atoms with Gasteiger partial charge in [0.1, 0.15) is 0 Å². The molecule has 1 aromatic carbocycles. The Morgan fingerprint density at radius 2 is 1.78 bits per heavy atom. The Hall–Kier alpha value is -1.76. The molecule has 0 unspecified atom stereocenters. The number of nitrogens with zero attached hydrogens (tertiary/aromatic N) is 1. The number of carbonyl (C=O) groups excluding carboxylic acids is 1. The summed E-state index contributed by atoms with van der Waals surface area (Å²) in [6.45, 7) is 4.44. The quantitative estimate of drug-likeness (QED) is 0.566. The number of rotatable bonds is 7. The highest BCUT2D eigenvalue weighted by atomic mass is 32.2. The molecule has 0 bridgehead atoms. The molecule has 2 aromatic rings. The van der Waals surface area contributed by atoms with E-state index in [1.165, 1.54) is 22.5 Å². The van der Waals surface area contributed by atoms with Crippen molar-refractivity contribution in [2.75, 3.05) is 13.1 Å². The lowest BCUT2D eigenvalue weighted by Gasteiger charge is -2.18. The van der Waals surface area contributed by atoms with Gasteiger partial charge < -0.3 is 0 Å². The second kappa shape index (κ2) is 7.68. The highest BCUT2D eigenvalue weighted by molar-refractivity contribution is 7.89. The lowest BCUT2D eigenvalue weighted by molar-refractivity contribution is 0.104. The highest BCUT2D eigenvalue weighted by Gasteiger charge is 2.21. The molecule has 0 saturated heterocycles. The third kappa shape index (κ3) is 4.16. The van der Waals surface area contributed by atoms with Crippen molar-refractivity contribution in [3.05, 3.63) is 58.3 Å². The number of allylic oxidation sites excluding steroid dienone is 1. The third-order valence-electron chi connectivity index (χ3n) is 3.42. The minimum Gasteiger partial charge on any atom is -0.289 e. The molecule has 0 aliphatic heterocycles. The first-order chi connectivity index (χ1) is 11.0. The van der Waals surface area contributed by atoms with Gasteiger partial charge in [-0.05, 0) is 47.9 Å². The van der Waals surface area contributed by atoms with E-state index in [1.54, 1.807) is 43.4 Å². The van der Waals surface area contributed by atoms with Crippen molar-refractivity contribution in [2.45, 2.75) is 18.7 Å². The molecule has 0 aliphatic rings. The molecule has 0 amide bonds. The number of ketones is 1. The molecular formula is C17H19NO3S2. The lowest BCUT2D eigenvalue weighted by Crippen LogP contribution is -2.30. The maximum atomic E-state index is 12.4. The minimum atomic E-state index is -3.49. The third-order valence-corrected chi connectivity index (χ3v) is 6.33. The van der Waals surface area contributed by atoms with E-state index in [1.807, 2.05) is 17.5 Å². The van der Waals surface area contributed by atoms with Crippen molar-refractivity contribution in [3.8, 4) is 0 Å². The van der Waals surface area contributed by atoms with E-state index in [0.717, 1.165) is 4.88 Å². The van der Waals surface area contributed by atoms with E-state index < -0.39 is 10.0 Å². The van der Waals surface area contributed by atoms with Gasteiger partial charge in [0, 0.05) is 23.5 Å². The molecule has 0 aliphatic carbocycles. The second-order valence-corrected chi connectivity index (χ2v) is 7.74. The normalized spacial score (nSPS) is 12.1. The van der Waals surface area contributed by atoms with Crippen LogP contribution in [0.25, 0.3) is 6.08 Å². The van der Waals surface area contributed by atoms with Crippen LogP contribution < -0.4 is 0 Å². The number of sulfonamides is 1. The van der Waals surface area contributed by atoms with Gasteiger partial charge in [-0.1, -0.05) is 19.9 Å². The van der Waals surface area contributed by atoms with Crippen LogP contribution in [-0.4, -0.2) is 31.6 Å². The molecule has 122 valence electrons. The predicted molar refractivity (Wildman–Crippen MR) is 94.2 cm³/mol. The van der Waals surface area contributed by atoms with Gasteiger partial charge in [0.25, 0.3) is 0 Å². The summed E-state index contributed by atoms with van der Waals surface area (Å²) in [6.07, 6.45) is 3.26. The van der Waals surface area contributed by atoms with E-state index in [9.17, 15) is 13.2 Å². The van der Waals surface area contributed by atoms with Crippen LogP contribution in [0.3, 0.4) is 0 Å². The van der Waals surface area contributed by atoms with E-state index in [4.69, 9.17) is 0 Å². The van der Waals surface area contributed by atoms with Crippen molar-refractivity contribution in [2.24, 2.45) is 0 Å². The summed E-state index contributed by atoms with van der Waals surface area (Å²) in [5.41, 5.74) is 0.469. The Balaban J connectivity index is 2.17. The molecule has 23 heavy (non-hydrogen) atoms. The zero-order chi connectivity index (χ0) is 16.9. The summed E-state index contributed by atoms with van der Waals surface area (Å²) >= 11 is 1.55. The largest absolute Gasteiger partial charge is 0.289 e. The molecule has 0 fully saturated rings. The van der Waals surface area contributed by atoms with Gasteiger partial charge in [0.2, 0.25) is 10.0 Å². The number of benzene rings is 1. The number of hydrogen-bond acceptors (Lipinski definition) is 4. The van der Waals surface area contributed by atoms with Crippen LogP contribution in [0.1, 0.15) is 29.1 Å². The molecule has 0 N–H and O–H groups in total. The summed E-state index contributed by atoms with van der Waals surface area (Å²) < 4.78 is 26.2. The van der Waals surface area contributed by atoms with Crippen molar-refractivity contribution in [3.63, 3.8) is 0 Å². The predicted octanol–water partition coefficient (Wildman–Crippen LogP) is 3.67. The molecule has 0 atom stereocenters. The van der Waals surface area contributed by atoms with E-state index in [2.05, 4.69) is 0 Å². The monoisotopic (exact) mass is 349 g/mol. The van der Waals surface area contributed by atoms with Crippen LogP contribution in [0.15, 0.2) is 52.7 Å². The summed E-state index contributed by atoms with van der Waals surface area (Å²) in [5.74, 6) is -0.148. The second-order valence-electron chi connectivity index (χ2n) is 4.83. The molecule has 0 saturated carbocycles. The topological polar surface area (TPSA) is 54.5 Å². The molecule has 0 spiro atoms. The molecule has 2 rings (SSSR count). The first-order valence-electron chi connectivity index (χ1n) is 7.35. The first-order valence-corrected chi connectivity index (χ1v) is 9.67. The zero-order valence-corrected chi connectivity index (χ0v) is 14.7. The van der Waals surface area contributed by atoms with Crippen LogP contribution in [0, 0.1) is 0 Å². The van der Waals surface area contributed by atoms with Crippen LogP contribution >= 0.6 is 11.3 Å². The Labute approximate surface area is 141 Å². The van der Waals surface area contributed by atoms with Gasteiger partial charge in [-0.15, -0.1) is 11.3 Å². The maximum absolute atomic E-state index is 12.4. The van der Waals surface area contributed by atoms with Gasteiger partial charge in [0.15, 0.2) is 5.78 Å². The minimum absolute atomic E-state index is 0.148. The zero-order valence-electron chi connectivity index (χ0n) is 13.1. The number of hydrogen-bond donors (Lipinski definition) is 0. The van der Waals surface area contributed by atoms with Crippen molar-refractivity contribution in [1.29, 1.82) is 0 Å². The molecule has 0 radical (unpaired) electrons. The van der Waals surface area contributed by atoms with Crippen molar-refractivity contribution < 1.29 is 13.2 Å². The summed E-state index contributed by atoms with van der Waals surface area (Å²) in [6, 6.07) is 9.92. The molecule has 1 heterocycles. The summed E-state index contributed by atoms with van der Waals surface area (Å²) in [4.78, 5) is 13.3. The standard InChI is InChI=1S/C17H19NO3S2/c1-3-18(4-2)23(20,21)16-10-7-14(8-11-16)17(19)12-9-15-6-5-13-22-15/h5-13H,3-4H2,1-2H3/b12-9+. The van der Waals surface area contributed by atoms with Crippen LogP contribution in [0.2, 0.25) is 0 Å². The average Bonchev–Trinajstić information content (AvgIpc) is 3.07. The van der Waals surface area contributed by atoms with Gasteiger partial charge in [0.05, 0.1) is 4.90 Å². The molecule has 1 aromatic heterocycles. The van der Waals surface area contributed by atoms with Crippen molar-refractivity contribution in [1.82, 2.24) is 4.31 Å². The van der Waals surface area contributed by atoms with Gasteiger partial charge >= 0.3 is 0 Å². The fraction of sp³-hybridized carbons (Fsp3) is 0.235. The fourth-order valence-corrected chi connectivity index (χ4v) is 4.22. The van der Waals surface area contributed by atoms with E-state index in [-0.39, 0.29) is 10.7 Å². The van der Waals surface area contributed by atoms with Gasteiger partial charge in [-0.2, -0.15) is 4.31 Å². The highest BCUT2D eigenvalue weighted by Crippen LogP contribution is 2.17. The number of thiophene rings is 1. The average molecular weight is 349 g/mol. The Kier molecular flexibility index (Phi) is 5.87.